The van der Waals surface area contributed by atoms with E-state index in [-0.39, 0.29) is 5.60 Å². The average molecular weight is 211 g/mol. The van der Waals surface area contributed by atoms with E-state index in [4.69, 9.17) is 10.5 Å². The van der Waals surface area contributed by atoms with Gasteiger partial charge in [-0.25, -0.2) is 0 Å². The first-order chi connectivity index (χ1) is 7.11. The molecule has 1 aliphatic heterocycles. The predicted octanol–water partition coefficient (Wildman–Crippen LogP) is 2.71. The normalized spacial score (nSPS) is 42.4. The summed E-state index contributed by atoms with van der Waals surface area (Å²) in [7, 11) is 0. The third kappa shape index (κ3) is 2.54. The molecule has 3 atom stereocenters. The number of ether oxygens (including phenoxy) is 1. The van der Waals surface area contributed by atoms with E-state index in [0.717, 1.165) is 31.3 Å². The van der Waals surface area contributed by atoms with E-state index in [1.54, 1.807) is 0 Å². The topological polar surface area (TPSA) is 35.2 Å². The Hall–Kier alpha value is -0.0800. The second kappa shape index (κ2) is 4.42. The largest absolute Gasteiger partial charge is 0.375 e. The Kier molecular flexibility index (Phi) is 3.36. The molecule has 2 heteroatoms. The van der Waals surface area contributed by atoms with Gasteiger partial charge < -0.3 is 10.5 Å². The van der Waals surface area contributed by atoms with Crippen LogP contribution in [0.2, 0.25) is 0 Å². The van der Waals surface area contributed by atoms with Crippen LogP contribution in [0.4, 0.5) is 0 Å². The molecular weight excluding hydrogens is 186 g/mol. The number of rotatable bonds is 1. The minimum absolute atomic E-state index is 0.158. The highest BCUT2D eigenvalue weighted by Crippen LogP contribution is 2.43. The molecule has 0 radical (unpaired) electrons. The van der Waals surface area contributed by atoms with Crippen LogP contribution in [-0.2, 0) is 4.74 Å². The third-order valence-electron chi connectivity index (χ3n) is 4.32. The molecule has 2 nitrogen and oxygen atoms in total. The molecule has 0 bridgehead atoms. The summed E-state index contributed by atoms with van der Waals surface area (Å²) in [6.07, 6.45) is 7.35. The van der Waals surface area contributed by atoms with E-state index in [1.807, 2.05) is 0 Å². The molecule has 1 heterocycles. The molecule has 0 amide bonds. The van der Waals surface area contributed by atoms with Crippen molar-refractivity contribution in [3.8, 4) is 0 Å². The maximum absolute atomic E-state index is 6.08. The van der Waals surface area contributed by atoms with Gasteiger partial charge in [-0.15, -0.1) is 0 Å². The molecule has 2 N–H and O–H groups in total. The van der Waals surface area contributed by atoms with Crippen molar-refractivity contribution in [1.82, 2.24) is 0 Å². The van der Waals surface area contributed by atoms with Gasteiger partial charge in [0.15, 0.2) is 0 Å². The molecule has 0 aromatic heterocycles. The summed E-state index contributed by atoms with van der Waals surface area (Å²) in [6.45, 7) is 5.56. The molecule has 0 aromatic carbocycles. The lowest BCUT2D eigenvalue weighted by Crippen LogP contribution is -2.48. The summed E-state index contributed by atoms with van der Waals surface area (Å²) in [4.78, 5) is 0. The summed E-state index contributed by atoms with van der Waals surface area (Å²) in [5.74, 6) is 1.65. The van der Waals surface area contributed by atoms with Crippen LogP contribution in [0.15, 0.2) is 0 Å². The Balaban J connectivity index is 2.01. The van der Waals surface area contributed by atoms with Crippen molar-refractivity contribution in [2.24, 2.45) is 17.6 Å². The van der Waals surface area contributed by atoms with Gasteiger partial charge in [0.1, 0.15) is 0 Å². The van der Waals surface area contributed by atoms with Gasteiger partial charge in [-0.2, -0.15) is 0 Å². The second-order valence-corrected chi connectivity index (χ2v) is 5.88. The zero-order chi connectivity index (χ0) is 10.9. The fraction of sp³-hybridized carbons (Fsp3) is 1.00. The molecule has 2 rings (SSSR count). The fourth-order valence-corrected chi connectivity index (χ4v) is 3.32. The average Bonchev–Trinajstić information content (AvgIpc) is 2.17. The van der Waals surface area contributed by atoms with E-state index in [0.29, 0.717) is 6.04 Å². The molecule has 0 aromatic rings. The Bertz CT molecular complexity index is 213. The first-order valence-corrected chi connectivity index (χ1v) is 6.51. The first kappa shape index (κ1) is 11.4. The van der Waals surface area contributed by atoms with Crippen molar-refractivity contribution in [1.29, 1.82) is 0 Å². The predicted molar refractivity (Wildman–Crippen MR) is 62.7 cm³/mol. The van der Waals surface area contributed by atoms with Crippen LogP contribution in [0.1, 0.15) is 52.4 Å². The monoisotopic (exact) mass is 211 g/mol. The van der Waals surface area contributed by atoms with Crippen LogP contribution >= 0.6 is 0 Å². The van der Waals surface area contributed by atoms with Gasteiger partial charge in [0.05, 0.1) is 5.60 Å². The van der Waals surface area contributed by atoms with Crippen LogP contribution in [0.5, 0.6) is 0 Å². The number of hydrogen-bond donors (Lipinski definition) is 1. The molecule has 15 heavy (non-hydrogen) atoms. The van der Waals surface area contributed by atoms with Gasteiger partial charge >= 0.3 is 0 Å². The van der Waals surface area contributed by atoms with Crippen molar-refractivity contribution in [3.63, 3.8) is 0 Å². The molecular formula is C13H25NO. The number of nitrogens with two attached hydrogens (primary N) is 1. The van der Waals surface area contributed by atoms with Gasteiger partial charge in [0.25, 0.3) is 0 Å². The minimum Gasteiger partial charge on any atom is -0.375 e. The van der Waals surface area contributed by atoms with Crippen LogP contribution in [0.25, 0.3) is 0 Å². The van der Waals surface area contributed by atoms with Crippen molar-refractivity contribution in [3.05, 3.63) is 0 Å². The highest BCUT2D eigenvalue weighted by Gasteiger charge is 2.41. The Morgan fingerprint density at radius 2 is 2.07 bits per heavy atom. The Morgan fingerprint density at radius 3 is 2.73 bits per heavy atom. The maximum atomic E-state index is 6.08. The smallest absolute Gasteiger partial charge is 0.0700 e. The van der Waals surface area contributed by atoms with E-state index in [1.165, 1.54) is 25.7 Å². The minimum atomic E-state index is 0.158. The summed E-state index contributed by atoms with van der Waals surface area (Å²) < 4.78 is 6.08. The second-order valence-electron chi connectivity index (χ2n) is 5.88. The molecule has 1 saturated heterocycles. The molecule has 1 spiro atoms. The van der Waals surface area contributed by atoms with Crippen molar-refractivity contribution < 1.29 is 4.74 Å². The zero-order valence-electron chi connectivity index (χ0n) is 10.2. The summed E-state index contributed by atoms with van der Waals surface area (Å²) >= 11 is 0. The van der Waals surface area contributed by atoms with Gasteiger partial charge in [0.2, 0.25) is 0 Å². The Morgan fingerprint density at radius 1 is 1.27 bits per heavy atom. The lowest BCUT2D eigenvalue weighted by atomic mass is 9.70. The SMILES string of the molecule is CC(C)C1CCCC2(CC(N)CCO2)C1. The molecule has 88 valence electrons. The van der Waals surface area contributed by atoms with Gasteiger partial charge in [-0.3, -0.25) is 0 Å². The quantitative estimate of drug-likeness (QED) is 0.724. The van der Waals surface area contributed by atoms with Gasteiger partial charge in [0, 0.05) is 12.6 Å². The highest BCUT2D eigenvalue weighted by atomic mass is 16.5. The van der Waals surface area contributed by atoms with Gasteiger partial charge in [-0.05, 0) is 43.9 Å². The van der Waals surface area contributed by atoms with Crippen LogP contribution < -0.4 is 5.73 Å². The third-order valence-corrected chi connectivity index (χ3v) is 4.32. The van der Waals surface area contributed by atoms with Crippen molar-refractivity contribution in [2.45, 2.75) is 64.0 Å². The zero-order valence-corrected chi connectivity index (χ0v) is 10.2. The van der Waals surface area contributed by atoms with Crippen LogP contribution in [0, 0.1) is 11.8 Å². The highest BCUT2D eigenvalue weighted by molar-refractivity contribution is 4.94. The Labute approximate surface area is 93.6 Å². The van der Waals surface area contributed by atoms with Gasteiger partial charge in [-0.1, -0.05) is 20.3 Å². The summed E-state index contributed by atoms with van der Waals surface area (Å²) in [5, 5.41) is 0. The lowest BCUT2D eigenvalue weighted by Gasteiger charge is -2.46. The molecule has 2 aliphatic rings. The summed E-state index contributed by atoms with van der Waals surface area (Å²) in [6, 6.07) is 0.379. The van der Waals surface area contributed by atoms with E-state index in [9.17, 15) is 0 Å². The summed E-state index contributed by atoms with van der Waals surface area (Å²) in [5.41, 5.74) is 6.24. The maximum Gasteiger partial charge on any atom is 0.0700 e. The van der Waals surface area contributed by atoms with Crippen molar-refractivity contribution in [2.75, 3.05) is 6.61 Å². The number of hydrogen-bond acceptors (Lipinski definition) is 2. The van der Waals surface area contributed by atoms with Crippen molar-refractivity contribution >= 4 is 0 Å². The standard InChI is InChI=1S/C13H25NO/c1-10(2)11-4-3-6-13(8-11)9-12(14)5-7-15-13/h10-12H,3-9,14H2,1-2H3. The molecule has 2 fully saturated rings. The van der Waals surface area contributed by atoms with Crippen LogP contribution in [0.3, 0.4) is 0 Å². The van der Waals surface area contributed by atoms with E-state index >= 15 is 0 Å². The molecule has 1 saturated carbocycles. The molecule has 3 unspecified atom stereocenters. The fourth-order valence-electron chi connectivity index (χ4n) is 3.32. The van der Waals surface area contributed by atoms with E-state index < -0.39 is 0 Å². The first-order valence-electron chi connectivity index (χ1n) is 6.51. The van der Waals surface area contributed by atoms with Crippen LogP contribution in [-0.4, -0.2) is 18.2 Å². The lowest BCUT2D eigenvalue weighted by molar-refractivity contribution is -0.120. The molecule has 1 aliphatic carbocycles. The van der Waals surface area contributed by atoms with E-state index in [2.05, 4.69) is 13.8 Å².